The molecule has 1 aromatic heterocycles. The first-order valence-electron chi connectivity index (χ1n) is 11.7. The molecule has 0 radical (unpaired) electrons. The number of imidazole rings is 1. The second kappa shape index (κ2) is 10.4. The smallest absolute Gasteiger partial charge is 0.335 e. The molecule has 0 atom stereocenters. The molecule has 0 spiro atoms. The highest BCUT2D eigenvalue weighted by atomic mass is 16.5. The van der Waals surface area contributed by atoms with E-state index in [0.717, 1.165) is 22.9 Å². The first kappa shape index (κ1) is 24.4. The SMILES string of the molecule is COc1ccc(NC2=CN(c3cccc(C(=O)Nc4ccc(C(=O)O)cc4)c3)Cn3ccnc32)cc1OC. The molecule has 0 saturated carbocycles. The van der Waals surface area contributed by atoms with Gasteiger partial charge in [-0.2, -0.15) is 0 Å². The summed E-state index contributed by atoms with van der Waals surface area (Å²) in [5, 5.41) is 15.3. The van der Waals surface area contributed by atoms with Gasteiger partial charge in [-0.05, 0) is 54.6 Å². The van der Waals surface area contributed by atoms with E-state index in [2.05, 4.69) is 15.6 Å². The summed E-state index contributed by atoms with van der Waals surface area (Å²) < 4.78 is 12.8. The predicted molar refractivity (Wildman–Crippen MR) is 144 cm³/mol. The van der Waals surface area contributed by atoms with Gasteiger partial charge in [0.2, 0.25) is 0 Å². The van der Waals surface area contributed by atoms with E-state index < -0.39 is 5.97 Å². The highest BCUT2D eigenvalue weighted by Crippen LogP contribution is 2.32. The third kappa shape index (κ3) is 5.00. The normalized spacial score (nSPS) is 12.3. The number of benzene rings is 3. The molecule has 192 valence electrons. The van der Waals surface area contributed by atoms with Crippen molar-refractivity contribution < 1.29 is 24.2 Å². The number of nitrogens with zero attached hydrogens (tertiary/aromatic N) is 3. The average molecular weight is 512 g/mol. The lowest BCUT2D eigenvalue weighted by molar-refractivity contribution is 0.0696. The number of hydrogen-bond donors (Lipinski definition) is 3. The van der Waals surface area contributed by atoms with Crippen LogP contribution in [0.3, 0.4) is 0 Å². The number of rotatable bonds is 8. The number of nitrogens with one attached hydrogen (secondary N) is 2. The number of ether oxygens (including phenoxy) is 2. The van der Waals surface area contributed by atoms with Gasteiger partial charge in [-0.15, -0.1) is 0 Å². The molecule has 4 aromatic rings. The molecular weight excluding hydrogens is 486 g/mol. The van der Waals surface area contributed by atoms with Crippen LogP contribution >= 0.6 is 0 Å². The van der Waals surface area contributed by atoms with Crippen LogP contribution in [0.25, 0.3) is 5.70 Å². The van der Waals surface area contributed by atoms with Gasteiger partial charge in [0, 0.05) is 47.3 Å². The van der Waals surface area contributed by atoms with Gasteiger partial charge in [-0.25, -0.2) is 9.78 Å². The first-order chi connectivity index (χ1) is 18.4. The van der Waals surface area contributed by atoms with Crippen LogP contribution in [-0.2, 0) is 6.67 Å². The summed E-state index contributed by atoms with van der Waals surface area (Å²) in [4.78, 5) is 30.5. The summed E-state index contributed by atoms with van der Waals surface area (Å²) in [6.07, 6.45) is 5.58. The van der Waals surface area contributed by atoms with E-state index in [9.17, 15) is 9.59 Å². The Morgan fingerprint density at radius 2 is 1.68 bits per heavy atom. The minimum absolute atomic E-state index is 0.151. The van der Waals surface area contributed by atoms with Gasteiger partial charge in [0.15, 0.2) is 17.3 Å². The monoisotopic (exact) mass is 511 g/mol. The number of fused-ring (bicyclic) bond motifs is 1. The summed E-state index contributed by atoms with van der Waals surface area (Å²) in [6, 6.07) is 18.8. The van der Waals surface area contributed by atoms with Crippen LogP contribution in [0, 0.1) is 0 Å². The maximum atomic E-state index is 12.9. The second-order valence-electron chi connectivity index (χ2n) is 8.46. The van der Waals surface area contributed by atoms with Crippen LogP contribution in [0.4, 0.5) is 17.1 Å². The van der Waals surface area contributed by atoms with Gasteiger partial charge in [0.1, 0.15) is 6.67 Å². The van der Waals surface area contributed by atoms with Crippen molar-refractivity contribution >= 4 is 34.6 Å². The van der Waals surface area contributed by atoms with Crippen molar-refractivity contribution in [2.45, 2.75) is 6.67 Å². The first-order valence-corrected chi connectivity index (χ1v) is 11.7. The molecule has 0 fully saturated rings. The van der Waals surface area contributed by atoms with Crippen LogP contribution in [0.1, 0.15) is 26.5 Å². The van der Waals surface area contributed by atoms with Crippen LogP contribution in [0.15, 0.2) is 85.3 Å². The summed E-state index contributed by atoms with van der Waals surface area (Å²) >= 11 is 0. The molecule has 1 amide bonds. The number of carbonyl (C=O) groups excluding carboxylic acids is 1. The molecule has 2 heterocycles. The second-order valence-corrected chi connectivity index (χ2v) is 8.46. The highest BCUT2D eigenvalue weighted by molar-refractivity contribution is 6.05. The van der Waals surface area contributed by atoms with E-state index in [1.54, 1.807) is 44.7 Å². The van der Waals surface area contributed by atoms with E-state index in [1.165, 1.54) is 12.1 Å². The van der Waals surface area contributed by atoms with Crippen molar-refractivity contribution in [3.63, 3.8) is 0 Å². The van der Waals surface area contributed by atoms with Crippen LogP contribution in [0.2, 0.25) is 0 Å². The lowest BCUT2D eigenvalue weighted by Gasteiger charge is -2.29. The molecule has 10 heteroatoms. The molecule has 3 aromatic carbocycles. The van der Waals surface area contributed by atoms with Gasteiger partial charge in [0.25, 0.3) is 5.91 Å². The predicted octanol–water partition coefficient (Wildman–Crippen LogP) is 4.74. The largest absolute Gasteiger partial charge is 0.493 e. The van der Waals surface area contributed by atoms with Crippen LogP contribution in [0.5, 0.6) is 11.5 Å². The molecule has 0 bridgehead atoms. The van der Waals surface area contributed by atoms with Gasteiger partial charge in [-0.1, -0.05) is 6.07 Å². The molecule has 10 nitrogen and oxygen atoms in total. The number of hydrogen-bond acceptors (Lipinski definition) is 7. The Morgan fingerprint density at radius 3 is 2.42 bits per heavy atom. The number of aromatic nitrogens is 2. The summed E-state index contributed by atoms with van der Waals surface area (Å²) in [7, 11) is 3.18. The number of carboxylic acids is 1. The fourth-order valence-electron chi connectivity index (χ4n) is 4.13. The van der Waals surface area contributed by atoms with Crippen molar-refractivity contribution in [2.75, 3.05) is 29.8 Å². The third-order valence-electron chi connectivity index (χ3n) is 6.04. The van der Waals surface area contributed by atoms with Gasteiger partial charge < -0.3 is 34.7 Å². The minimum Gasteiger partial charge on any atom is -0.493 e. The number of anilines is 3. The van der Waals surface area contributed by atoms with Crippen molar-refractivity contribution in [1.29, 1.82) is 0 Å². The van der Waals surface area contributed by atoms with Crippen molar-refractivity contribution in [2.24, 2.45) is 0 Å². The summed E-state index contributed by atoms with van der Waals surface area (Å²) in [6.45, 7) is 0.508. The lowest BCUT2D eigenvalue weighted by Crippen LogP contribution is -2.28. The zero-order valence-electron chi connectivity index (χ0n) is 20.7. The molecule has 1 aliphatic rings. The van der Waals surface area contributed by atoms with Gasteiger partial charge in [-0.3, -0.25) is 4.79 Å². The van der Waals surface area contributed by atoms with E-state index >= 15 is 0 Å². The average Bonchev–Trinajstić information content (AvgIpc) is 3.42. The number of amides is 1. The Bertz CT molecular complexity index is 1530. The van der Waals surface area contributed by atoms with Crippen molar-refractivity contribution in [1.82, 2.24) is 9.55 Å². The zero-order chi connectivity index (χ0) is 26.6. The molecule has 3 N–H and O–H groups in total. The highest BCUT2D eigenvalue weighted by Gasteiger charge is 2.20. The molecule has 0 aliphatic carbocycles. The fourth-order valence-corrected chi connectivity index (χ4v) is 4.13. The Labute approximate surface area is 218 Å². The summed E-state index contributed by atoms with van der Waals surface area (Å²) in [5.41, 5.74) is 3.49. The Balaban J connectivity index is 1.39. The van der Waals surface area contributed by atoms with Crippen molar-refractivity contribution in [3.05, 3.63) is 102 Å². The zero-order valence-corrected chi connectivity index (χ0v) is 20.7. The Hall–Kier alpha value is -5.25. The molecule has 38 heavy (non-hydrogen) atoms. The van der Waals surface area contributed by atoms with Crippen LogP contribution < -0.4 is 25.0 Å². The van der Waals surface area contributed by atoms with Gasteiger partial charge >= 0.3 is 5.97 Å². The standard InChI is InChI=1S/C28H25N5O5/c1-37-24-11-10-21(15-25(24)38-2)30-23-16-33(17-32-13-12-29-26(23)32)22-5-3-4-19(14-22)27(34)31-20-8-6-18(7-9-20)28(35)36/h3-16,30H,17H2,1-2H3,(H,31,34)(H,35,36). The number of methoxy groups -OCH3 is 2. The van der Waals surface area contributed by atoms with E-state index in [4.69, 9.17) is 14.6 Å². The maximum Gasteiger partial charge on any atom is 0.335 e. The molecule has 1 aliphatic heterocycles. The molecule has 0 saturated heterocycles. The van der Waals surface area contributed by atoms with E-state index in [1.807, 2.05) is 52.2 Å². The molecular formula is C28H25N5O5. The Morgan fingerprint density at radius 1 is 0.921 bits per heavy atom. The molecule has 0 unspecified atom stereocenters. The molecule has 5 rings (SSSR count). The van der Waals surface area contributed by atoms with E-state index in [0.29, 0.717) is 29.4 Å². The van der Waals surface area contributed by atoms with Crippen molar-refractivity contribution in [3.8, 4) is 11.5 Å². The number of aromatic carboxylic acids is 1. The topological polar surface area (TPSA) is 118 Å². The maximum absolute atomic E-state index is 12.9. The lowest BCUT2D eigenvalue weighted by atomic mass is 10.1. The minimum atomic E-state index is -1.02. The van der Waals surface area contributed by atoms with E-state index in [-0.39, 0.29) is 11.5 Å². The Kier molecular flexibility index (Phi) is 6.68. The quantitative estimate of drug-likeness (QED) is 0.311. The number of carboxylic acid groups (broad SMARTS) is 1. The third-order valence-corrected chi connectivity index (χ3v) is 6.04. The van der Waals surface area contributed by atoms with Crippen LogP contribution in [-0.4, -0.2) is 40.8 Å². The van der Waals surface area contributed by atoms with Gasteiger partial charge in [0.05, 0.1) is 25.5 Å². The summed E-state index contributed by atoms with van der Waals surface area (Å²) in [5.74, 6) is 0.681. The fraction of sp³-hybridized carbons (Fsp3) is 0.107. The number of carbonyl (C=O) groups is 2.